The maximum absolute atomic E-state index is 12.2. The zero-order chi connectivity index (χ0) is 14.8. The fourth-order valence-corrected chi connectivity index (χ4v) is 2.70. The topological polar surface area (TPSA) is 66.4 Å². The van der Waals surface area contributed by atoms with Crippen LogP contribution in [-0.4, -0.2) is 17.0 Å². The van der Waals surface area contributed by atoms with Crippen molar-refractivity contribution in [1.29, 1.82) is 0 Å². The van der Waals surface area contributed by atoms with Crippen LogP contribution >= 0.6 is 0 Å². The first-order valence-electron chi connectivity index (χ1n) is 6.96. The number of aliphatic carboxylic acids is 1. The van der Waals surface area contributed by atoms with Crippen LogP contribution < -0.4 is 5.32 Å². The second-order valence-electron chi connectivity index (χ2n) is 6.16. The Kier molecular flexibility index (Phi) is 3.84. The third kappa shape index (κ3) is 2.84. The van der Waals surface area contributed by atoms with Gasteiger partial charge >= 0.3 is 5.97 Å². The third-order valence-electron chi connectivity index (χ3n) is 4.21. The van der Waals surface area contributed by atoms with E-state index in [4.69, 9.17) is 0 Å². The summed E-state index contributed by atoms with van der Waals surface area (Å²) in [7, 11) is 0. The molecule has 2 N–H and O–H groups in total. The lowest BCUT2D eigenvalue weighted by atomic mass is 9.66. The number of amides is 1. The summed E-state index contributed by atoms with van der Waals surface area (Å²) >= 11 is 0. The monoisotopic (exact) mass is 275 g/mol. The molecule has 4 nitrogen and oxygen atoms in total. The Labute approximate surface area is 119 Å². The van der Waals surface area contributed by atoms with Gasteiger partial charge in [-0.2, -0.15) is 0 Å². The van der Waals surface area contributed by atoms with Crippen molar-refractivity contribution in [2.24, 2.45) is 5.41 Å². The maximum atomic E-state index is 12.2. The van der Waals surface area contributed by atoms with Crippen LogP contribution in [0.25, 0.3) is 0 Å². The lowest BCUT2D eigenvalue weighted by molar-refractivity contribution is -0.157. The quantitative estimate of drug-likeness (QED) is 0.868. The molecule has 0 bridgehead atoms. The van der Waals surface area contributed by atoms with Gasteiger partial charge in [-0.3, -0.25) is 9.59 Å². The first-order valence-corrected chi connectivity index (χ1v) is 6.96. The molecule has 1 aliphatic carbocycles. The van der Waals surface area contributed by atoms with Gasteiger partial charge in [-0.15, -0.1) is 0 Å². The number of carbonyl (C=O) groups excluding carboxylic acids is 1. The molecule has 0 atom stereocenters. The van der Waals surface area contributed by atoms with Crippen LogP contribution in [0.15, 0.2) is 30.3 Å². The minimum atomic E-state index is -0.851. The van der Waals surface area contributed by atoms with Gasteiger partial charge in [0, 0.05) is 6.42 Å². The molecule has 0 aromatic heterocycles. The molecule has 1 aliphatic rings. The molecule has 1 fully saturated rings. The summed E-state index contributed by atoms with van der Waals surface area (Å²) in [6, 6.07) is 9.68. The highest BCUT2D eigenvalue weighted by atomic mass is 16.4. The Morgan fingerprint density at radius 2 is 1.85 bits per heavy atom. The van der Waals surface area contributed by atoms with Gasteiger partial charge in [0.2, 0.25) is 5.91 Å². The maximum Gasteiger partial charge on any atom is 0.310 e. The number of carboxylic acid groups (broad SMARTS) is 1. The molecule has 0 aliphatic heterocycles. The minimum Gasteiger partial charge on any atom is -0.481 e. The van der Waals surface area contributed by atoms with Crippen LogP contribution in [0.2, 0.25) is 0 Å². The lowest BCUT2D eigenvalue weighted by Crippen LogP contribution is -2.47. The molecule has 108 valence electrons. The fraction of sp³-hybridized carbons (Fsp3) is 0.500. The zero-order valence-corrected chi connectivity index (χ0v) is 12.0. The van der Waals surface area contributed by atoms with E-state index in [9.17, 15) is 14.7 Å². The first kappa shape index (κ1) is 14.6. The molecule has 0 saturated heterocycles. The number of hydrogen-bond acceptors (Lipinski definition) is 2. The molecule has 2 rings (SSSR count). The fourth-order valence-electron chi connectivity index (χ4n) is 2.70. The van der Waals surface area contributed by atoms with Gasteiger partial charge < -0.3 is 10.4 Å². The van der Waals surface area contributed by atoms with Gasteiger partial charge in [-0.25, -0.2) is 0 Å². The van der Waals surface area contributed by atoms with E-state index in [-0.39, 0.29) is 12.3 Å². The number of benzene rings is 1. The van der Waals surface area contributed by atoms with E-state index in [2.05, 4.69) is 5.32 Å². The van der Waals surface area contributed by atoms with Gasteiger partial charge in [-0.05, 0) is 32.3 Å². The molecule has 20 heavy (non-hydrogen) atoms. The van der Waals surface area contributed by atoms with Crippen molar-refractivity contribution in [3.8, 4) is 0 Å². The molecule has 0 spiro atoms. The van der Waals surface area contributed by atoms with Crippen LogP contribution in [-0.2, 0) is 15.1 Å². The molecule has 1 saturated carbocycles. The summed E-state index contributed by atoms with van der Waals surface area (Å²) in [6.45, 7) is 3.85. The molecular weight excluding hydrogens is 254 g/mol. The lowest BCUT2D eigenvalue weighted by Gasteiger charge is -2.38. The van der Waals surface area contributed by atoms with Gasteiger partial charge in [0.1, 0.15) is 0 Å². The van der Waals surface area contributed by atoms with Crippen LogP contribution in [0.4, 0.5) is 0 Å². The highest BCUT2D eigenvalue weighted by molar-refractivity contribution is 5.86. The normalized spacial score (nSPS) is 17.1. The third-order valence-corrected chi connectivity index (χ3v) is 4.21. The summed E-state index contributed by atoms with van der Waals surface area (Å²) in [5.41, 5.74) is -0.329. The summed E-state index contributed by atoms with van der Waals surface area (Å²) < 4.78 is 0. The Hall–Kier alpha value is -1.84. The second-order valence-corrected chi connectivity index (χ2v) is 6.16. The Morgan fingerprint density at radius 3 is 2.30 bits per heavy atom. The van der Waals surface area contributed by atoms with Gasteiger partial charge in [0.05, 0.1) is 11.0 Å². The average Bonchev–Trinajstić information content (AvgIpc) is 2.34. The first-order chi connectivity index (χ1) is 9.36. The molecule has 1 amide bonds. The van der Waals surface area contributed by atoms with Crippen LogP contribution in [0.5, 0.6) is 0 Å². The highest BCUT2D eigenvalue weighted by Gasteiger charge is 2.46. The molecule has 1 aromatic carbocycles. The summed E-state index contributed by atoms with van der Waals surface area (Å²) in [4.78, 5) is 23.5. The predicted octanol–water partition coefficient (Wildman–Crippen LogP) is 2.68. The summed E-state index contributed by atoms with van der Waals surface area (Å²) in [5, 5.41) is 12.2. The zero-order valence-electron chi connectivity index (χ0n) is 12.0. The van der Waals surface area contributed by atoms with Crippen molar-refractivity contribution in [2.75, 3.05) is 0 Å². The van der Waals surface area contributed by atoms with Crippen molar-refractivity contribution < 1.29 is 14.7 Å². The van der Waals surface area contributed by atoms with Crippen molar-refractivity contribution in [3.05, 3.63) is 35.9 Å². The van der Waals surface area contributed by atoms with Gasteiger partial charge in [0.25, 0.3) is 0 Å². The van der Waals surface area contributed by atoms with Crippen molar-refractivity contribution in [1.82, 2.24) is 5.32 Å². The van der Waals surface area contributed by atoms with E-state index in [1.807, 2.05) is 44.2 Å². The smallest absolute Gasteiger partial charge is 0.310 e. The molecule has 0 unspecified atom stereocenters. The molecule has 1 aromatic rings. The number of hydrogen-bond donors (Lipinski definition) is 2. The van der Waals surface area contributed by atoms with Crippen LogP contribution in [0.3, 0.4) is 0 Å². The summed E-state index contributed by atoms with van der Waals surface area (Å²) in [6.07, 6.45) is 2.16. The van der Waals surface area contributed by atoms with E-state index in [0.717, 1.165) is 12.0 Å². The average molecular weight is 275 g/mol. The Morgan fingerprint density at radius 1 is 1.25 bits per heavy atom. The molecular formula is C16H21NO3. The summed E-state index contributed by atoms with van der Waals surface area (Å²) in [5.74, 6) is -1.04. The number of nitrogens with one attached hydrogen (secondary N) is 1. The largest absolute Gasteiger partial charge is 0.481 e. The van der Waals surface area contributed by atoms with E-state index >= 15 is 0 Å². The van der Waals surface area contributed by atoms with E-state index in [1.165, 1.54) is 0 Å². The highest BCUT2D eigenvalue weighted by Crippen LogP contribution is 2.44. The van der Waals surface area contributed by atoms with E-state index in [1.54, 1.807) is 0 Å². The Balaban J connectivity index is 2.03. The molecule has 4 heteroatoms. The van der Waals surface area contributed by atoms with Crippen LogP contribution in [0.1, 0.15) is 45.1 Å². The van der Waals surface area contributed by atoms with E-state index < -0.39 is 16.9 Å². The standard InChI is InChI=1S/C16H21NO3/c1-15(2,12-7-4-3-5-8-12)17-13(18)11-16(14(19)20)9-6-10-16/h3-5,7-8H,6,9-11H2,1-2H3,(H,17,18)(H,19,20). The molecule has 0 heterocycles. The van der Waals surface area contributed by atoms with E-state index in [0.29, 0.717) is 12.8 Å². The number of rotatable bonds is 5. The number of carboxylic acids is 1. The van der Waals surface area contributed by atoms with Crippen LogP contribution in [0, 0.1) is 5.41 Å². The Bertz CT molecular complexity index is 504. The van der Waals surface area contributed by atoms with Crippen molar-refractivity contribution >= 4 is 11.9 Å². The second kappa shape index (κ2) is 5.27. The predicted molar refractivity (Wildman–Crippen MR) is 76.1 cm³/mol. The minimum absolute atomic E-state index is 0.0681. The number of carbonyl (C=O) groups is 2. The van der Waals surface area contributed by atoms with Gasteiger partial charge in [0.15, 0.2) is 0 Å². The van der Waals surface area contributed by atoms with Crippen molar-refractivity contribution in [2.45, 2.75) is 45.1 Å². The molecule has 0 radical (unpaired) electrons. The SMILES string of the molecule is CC(C)(NC(=O)CC1(C(=O)O)CCC1)c1ccccc1. The van der Waals surface area contributed by atoms with Gasteiger partial charge in [-0.1, -0.05) is 36.8 Å². The van der Waals surface area contributed by atoms with Crippen molar-refractivity contribution in [3.63, 3.8) is 0 Å².